The molecular weight excluding hydrogens is 362 g/mol. The van der Waals surface area contributed by atoms with Gasteiger partial charge in [-0.3, -0.25) is 5.32 Å². The van der Waals surface area contributed by atoms with E-state index in [1.54, 1.807) is 20.8 Å². The Bertz CT molecular complexity index is 710. The quantitative estimate of drug-likeness (QED) is 0.767. The molecule has 1 fully saturated rings. The zero-order valence-electron chi connectivity index (χ0n) is 16.6. The molecule has 150 valence electrons. The van der Waals surface area contributed by atoms with Gasteiger partial charge in [0.1, 0.15) is 5.60 Å². The van der Waals surface area contributed by atoms with Crippen LogP contribution in [-0.4, -0.2) is 30.0 Å². The van der Waals surface area contributed by atoms with Crippen LogP contribution < -0.4 is 10.8 Å². The molecule has 0 aromatic heterocycles. The lowest BCUT2D eigenvalue weighted by atomic mass is 9.78. The van der Waals surface area contributed by atoms with Gasteiger partial charge < -0.3 is 14.0 Å². The standard InChI is InChI=1S/C18H25BF3NO4/c1-15(2,3)25-14(24)23-13-9-8-11(10-12(13)18(20,21)22)19-26-16(4,5)17(6,7)27-19/h8-10H,1-7H3,(H,23,24). The topological polar surface area (TPSA) is 56.8 Å². The summed E-state index contributed by atoms with van der Waals surface area (Å²) in [5.74, 6) is 0. The number of rotatable bonds is 2. The van der Waals surface area contributed by atoms with E-state index in [4.69, 9.17) is 14.0 Å². The average Bonchev–Trinajstić information content (AvgIpc) is 2.64. The second-order valence-corrected chi connectivity index (χ2v) is 8.52. The Morgan fingerprint density at radius 2 is 1.59 bits per heavy atom. The third kappa shape index (κ3) is 4.96. The molecule has 1 aromatic carbocycles. The SMILES string of the molecule is CC(C)(C)OC(=O)Nc1ccc(B2OC(C)(C)C(C)(C)O2)cc1C(F)(F)F. The lowest BCUT2D eigenvalue weighted by Crippen LogP contribution is -2.41. The molecule has 1 aromatic rings. The van der Waals surface area contributed by atoms with Gasteiger partial charge in [-0.2, -0.15) is 13.2 Å². The Balaban J connectivity index is 2.33. The minimum Gasteiger partial charge on any atom is -0.444 e. The van der Waals surface area contributed by atoms with Crippen LogP contribution in [0.1, 0.15) is 54.0 Å². The van der Waals surface area contributed by atoms with Crippen LogP contribution in [0.3, 0.4) is 0 Å². The molecule has 0 bridgehead atoms. The van der Waals surface area contributed by atoms with E-state index in [0.717, 1.165) is 6.07 Å². The van der Waals surface area contributed by atoms with Crippen molar-refractivity contribution in [2.75, 3.05) is 5.32 Å². The maximum absolute atomic E-state index is 13.5. The van der Waals surface area contributed by atoms with E-state index in [1.807, 2.05) is 27.7 Å². The largest absolute Gasteiger partial charge is 0.494 e. The van der Waals surface area contributed by atoms with Gasteiger partial charge in [-0.05, 0) is 66.1 Å². The number of carbonyl (C=O) groups is 1. The molecule has 2 rings (SSSR count). The van der Waals surface area contributed by atoms with E-state index in [2.05, 4.69) is 5.32 Å². The molecule has 1 heterocycles. The van der Waals surface area contributed by atoms with Crippen molar-refractivity contribution in [3.05, 3.63) is 23.8 Å². The molecule has 27 heavy (non-hydrogen) atoms. The molecule has 1 aliphatic rings. The molecule has 0 aliphatic carbocycles. The number of nitrogens with one attached hydrogen (secondary N) is 1. The molecule has 0 unspecified atom stereocenters. The number of halogens is 3. The fourth-order valence-electron chi connectivity index (χ4n) is 2.44. The molecule has 9 heteroatoms. The van der Waals surface area contributed by atoms with Crippen molar-refractivity contribution < 1.29 is 32.0 Å². The smallest absolute Gasteiger partial charge is 0.444 e. The molecule has 1 amide bonds. The molecule has 0 spiro atoms. The summed E-state index contributed by atoms with van der Waals surface area (Å²) >= 11 is 0. The van der Waals surface area contributed by atoms with Crippen LogP contribution in [-0.2, 0) is 20.2 Å². The van der Waals surface area contributed by atoms with Crippen LogP contribution >= 0.6 is 0 Å². The van der Waals surface area contributed by atoms with Gasteiger partial charge in [-0.1, -0.05) is 6.07 Å². The van der Waals surface area contributed by atoms with Gasteiger partial charge in [0.2, 0.25) is 0 Å². The first-order valence-electron chi connectivity index (χ1n) is 8.59. The van der Waals surface area contributed by atoms with Gasteiger partial charge in [0.05, 0.1) is 22.5 Å². The van der Waals surface area contributed by atoms with E-state index in [0.29, 0.717) is 0 Å². The summed E-state index contributed by atoms with van der Waals surface area (Å²) in [6, 6.07) is 3.53. The van der Waals surface area contributed by atoms with Crippen LogP contribution in [0, 0.1) is 0 Å². The number of hydrogen-bond acceptors (Lipinski definition) is 4. The van der Waals surface area contributed by atoms with E-state index in [9.17, 15) is 18.0 Å². The monoisotopic (exact) mass is 387 g/mol. The molecule has 1 saturated heterocycles. The highest BCUT2D eigenvalue weighted by atomic mass is 19.4. The van der Waals surface area contributed by atoms with Crippen molar-refractivity contribution in [3.8, 4) is 0 Å². The van der Waals surface area contributed by atoms with Crippen molar-refractivity contribution in [1.82, 2.24) is 0 Å². The van der Waals surface area contributed by atoms with Gasteiger partial charge in [-0.25, -0.2) is 4.79 Å². The number of hydrogen-bond donors (Lipinski definition) is 1. The minimum atomic E-state index is -4.68. The predicted octanol–water partition coefficient (Wildman–Crippen LogP) is 4.35. The lowest BCUT2D eigenvalue weighted by molar-refractivity contribution is -0.136. The minimum absolute atomic E-state index is 0.218. The van der Waals surface area contributed by atoms with E-state index >= 15 is 0 Å². The molecule has 0 atom stereocenters. The van der Waals surface area contributed by atoms with Crippen molar-refractivity contribution in [1.29, 1.82) is 0 Å². The highest BCUT2D eigenvalue weighted by Crippen LogP contribution is 2.38. The molecule has 5 nitrogen and oxygen atoms in total. The normalized spacial score (nSPS) is 19.1. The third-order valence-electron chi connectivity index (χ3n) is 4.51. The maximum atomic E-state index is 13.5. The van der Waals surface area contributed by atoms with Gasteiger partial charge >= 0.3 is 19.4 Å². The highest BCUT2D eigenvalue weighted by Gasteiger charge is 2.52. The Morgan fingerprint density at radius 1 is 1.07 bits per heavy atom. The van der Waals surface area contributed by atoms with Crippen molar-refractivity contribution in [3.63, 3.8) is 0 Å². The Hall–Kier alpha value is -1.74. The first-order chi connectivity index (χ1) is 12.0. The molecule has 0 radical (unpaired) electrons. The maximum Gasteiger partial charge on any atom is 0.494 e. The van der Waals surface area contributed by atoms with Crippen molar-refractivity contribution in [2.45, 2.75) is 71.4 Å². The van der Waals surface area contributed by atoms with Crippen LogP contribution in [0.4, 0.5) is 23.7 Å². The second-order valence-electron chi connectivity index (χ2n) is 8.52. The van der Waals surface area contributed by atoms with Gasteiger partial charge in [0.15, 0.2) is 0 Å². The molecule has 1 N–H and O–H groups in total. The fraction of sp³-hybridized carbons (Fsp3) is 0.611. The first-order valence-corrected chi connectivity index (χ1v) is 8.59. The summed E-state index contributed by atoms with van der Waals surface area (Å²) < 4.78 is 57.2. The van der Waals surface area contributed by atoms with E-state index < -0.39 is 47.4 Å². The zero-order chi connectivity index (χ0) is 20.8. The Labute approximate surface area is 157 Å². The van der Waals surface area contributed by atoms with Gasteiger partial charge in [-0.15, -0.1) is 0 Å². The molecule has 1 aliphatic heterocycles. The van der Waals surface area contributed by atoms with Crippen molar-refractivity contribution >= 4 is 24.4 Å². The lowest BCUT2D eigenvalue weighted by Gasteiger charge is -2.32. The summed E-state index contributed by atoms with van der Waals surface area (Å²) in [7, 11) is -0.938. The second kappa shape index (κ2) is 6.70. The fourth-order valence-corrected chi connectivity index (χ4v) is 2.44. The Kier molecular flexibility index (Phi) is 5.35. The number of amides is 1. The summed E-state index contributed by atoms with van der Waals surface area (Å²) in [5, 5.41) is 2.16. The first kappa shape index (κ1) is 21.6. The number of ether oxygens (including phenoxy) is 1. The highest BCUT2D eigenvalue weighted by molar-refractivity contribution is 6.62. The molecular formula is C18H25BF3NO4. The third-order valence-corrected chi connectivity index (χ3v) is 4.51. The zero-order valence-corrected chi connectivity index (χ0v) is 16.6. The molecule has 0 saturated carbocycles. The van der Waals surface area contributed by atoms with E-state index in [-0.39, 0.29) is 5.46 Å². The van der Waals surface area contributed by atoms with E-state index in [1.165, 1.54) is 12.1 Å². The van der Waals surface area contributed by atoms with Gasteiger partial charge in [0, 0.05) is 0 Å². The van der Waals surface area contributed by atoms with Crippen molar-refractivity contribution in [2.24, 2.45) is 0 Å². The summed E-state index contributed by atoms with van der Waals surface area (Å²) in [4.78, 5) is 11.9. The van der Waals surface area contributed by atoms with Crippen LogP contribution in [0.2, 0.25) is 0 Å². The number of benzene rings is 1. The predicted molar refractivity (Wildman–Crippen MR) is 97.0 cm³/mol. The van der Waals surface area contributed by atoms with Crippen LogP contribution in [0.15, 0.2) is 18.2 Å². The number of carbonyl (C=O) groups excluding carboxylic acids is 1. The number of anilines is 1. The van der Waals surface area contributed by atoms with Crippen LogP contribution in [0.25, 0.3) is 0 Å². The summed E-state index contributed by atoms with van der Waals surface area (Å²) in [6.07, 6.45) is -5.64. The summed E-state index contributed by atoms with van der Waals surface area (Å²) in [6.45, 7) is 12.1. The van der Waals surface area contributed by atoms with Crippen LogP contribution in [0.5, 0.6) is 0 Å². The average molecular weight is 387 g/mol. The number of alkyl halides is 3. The Morgan fingerprint density at radius 3 is 2.04 bits per heavy atom. The van der Waals surface area contributed by atoms with Gasteiger partial charge in [0.25, 0.3) is 0 Å². The summed E-state index contributed by atoms with van der Waals surface area (Å²) in [5.41, 5.74) is -3.36.